The minimum atomic E-state index is 0.822. The average Bonchev–Trinajstić information content (AvgIpc) is 2.05. The fourth-order valence-corrected chi connectivity index (χ4v) is 1.23. The largest absolute Gasteiger partial charge is 0.495 e. The maximum Gasteiger partial charge on any atom is 0.137 e. The molecule has 0 bridgehead atoms. The van der Waals surface area contributed by atoms with Gasteiger partial charge in [-0.2, -0.15) is 0 Å². The molecule has 0 aliphatic heterocycles. The van der Waals surface area contributed by atoms with Gasteiger partial charge in [0, 0.05) is 19.3 Å². The Bertz CT molecular complexity index is 252. The van der Waals surface area contributed by atoms with Crippen LogP contribution in [-0.2, 0) is 0 Å². The zero-order valence-corrected chi connectivity index (χ0v) is 8.55. The molecule has 3 nitrogen and oxygen atoms in total. The molecule has 60 valence electrons. The first-order valence-electron chi connectivity index (χ1n) is 3.15. The van der Waals surface area contributed by atoms with E-state index >= 15 is 0 Å². The second-order valence-corrected chi connectivity index (χ2v) is 3.12. The molecular weight excluding hydrogens is 255 g/mol. The summed E-state index contributed by atoms with van der Waals surface area (Å²) in [5.41, 5.74) is 0. The quantitative estimate of drug-likeness (QED) is 0.826. The molecule has 1 rings (SSSR count). The SMILES string of the molecule is CNc1cc(OC)c(I)cn1. The summed E-state index contributed by atoms with van der Waals surface area (Å²) in [6.45, 7) is 0. The molecule has 0 saturated carbocycles. The zero-order valence-electron chi connectivity index (χ0n) is 6.39. The first kappa shape index (κ1) is 8.58. The van der Waals surface area contributed by atoms with Crippen LogP contribution in [0, 0.1) is 3.57 Å². The second kappa shape index (κ2) is 3.75. The Hall–Kier alpha value is -0.520. The van der Waals surface area contributed by atoms with E-state index in [2.05, 4.69) is 32.9 Å². The van der Waals surface area contributed by atoms with Crippen LogP contribution in [0.3, 0.4) is 0 Å². The summed E-state index contributed by atoms with van der Waals surface area (Å²) in [4.78, 5) is 4.11. The molecule has 1 N–H and O–H groups in total. The zero-order chi connectivity index (χ0) is 8.27. The molecule has 0 spiro atoms. The molecular formula is C7H9IN2O. The molecule has 0 aliphatic carbocycles. The van der Waals surface area contributed by atoms with E-state index in [4.69, 9.17) is 4.74 Å². The van der Waals surface area contributed by atoms with Crippen LogP contribution in [0.2, 0.25) is 0 Å². The third-order valence-corrected chi connectivity index (χ3v) is 2.11. The Labute approximate surface area is 79.3 Å². The molecule has 0 radical (unpaired) electrons. The molecule has 0 unspecified atom stereocenters. The third-order valence-electron chi connectivity index (χ3n) is 1.30. The van der Waals surface area contributed by atoms with Crippen molar-refractivity contribution in [1.29, 1.82) is 0 Å². The Morgan fingerprint density at radius 2 is 2.36 bits per heavy atom. The van der Waals surface area contributed by atoms with Crippen LogP contribution in [-0.4, -0.2) is 19.1 Å². The Morgan fingerprint density at radius 1 is 1.64 bits per heavy atom. The van der Waals surface area contributed by atoms with Crippen molar-refractivity contribution in [3.8, 4) is 5.75 Å². The fraction of sp³-hybridized carbons (Fsp3) is 0.286. The number of hydrogen-bond acceptors (Lipinski definition) is 3. The molecule has 0 aromatic carbocycles. The van der Waals surface area contributed by atoms with E-state index in [0.29, 0.717) is 0 Å². The highest BCUT2D eigenvalue weighted by atomic mass is 127. The van der Waals surface area contributed by atoms with Crippen molar-refractivity contribution in [3.05, 3.63) is 15.8 Å². The maximum absolute atomic E-state index is 5.10. The van der Waals surface area contributed by atoms with Crippen LogP contribution in [0.15, 0.2) is 12.3 Å². The smallest absolute Gasteiger partial charge is 0.137 e. The average molecular weight is 264 g/mol. The summed E-state index contributed by atoms with van der Waals surface area (Å²) >= 11 is 2.18. The Kier molecular flexibility index (Phi) is 2.92. The highest BCUT2D eigenvalue weighted by Crippen LogP contribution is 2.21. The predicted octanol–water partition coefficient (Wildman–Crippen LogP) is 1.74. The molecule has 1 aromatic rings. The van der Waals surface area contributed by atoms with Crippen molar-refractivity contribution in [1.82, 2.24) is 4.98 Å². The lowest BCUT2D eigenvalue weighted by Crippen LogP contribution is -1.94. The molecule has 0 amide bonds. The van der Waals surface area contributed by atoms with Gasteiger partial charge in [0.1, 0.15) is 11.6 Å². The highest BCUT2D eigenvalue weighted by molar-refractivity contribution is 14.1. The van der Waals surface area contributed by atoms with Gasteiger partial charge in [0.05, 0.1) is 10.7 Å². The normalized spacial score (nSPS) is 9.36. The lowest BCUT2D eigenvalue weighted by atomic mass is 10.4. The Balaban J connectivity index is 3.02. The molecule has 0 fully saturated rings. The van der Waals surface area contributed by atoms with Gasteiger partial charge < -0.3 is 10.1 Å². The minimum absolute atomic E-state index is 0.822. The molecule has 1 heterocycles. The van der Waals surface area contributed by atoms with E-state index in [9.17, 15) is 0 Å². The van der Waals surface area contributed by atoms with E-state index in [1.165, 1.54) is 0 Å². The number of ether oxygens (including phenoxy) is 1. The molecule has 0 atom stereocenters. The van der Waals surface area contributed by atoms with E-state index in [0.717, 1.165) is 15.1 Å². The van der Waals surface area contributed by atoms with Gasteiger partial charge in [-0.3, -0.25) is 0 Å². The summed E-state index contributed by atoms with van der Waals surface area (Å²) in [7, 11) is 3.48. The number of pyridine rings is 1. The first-order valence-corrected chi connectivity index (χ1v) is 4.23. The highest BCUT2D eigenvalue weighted by Gasteiger charge is 1.99. The summed E-state index contributed by atoms with van der Waals surface area (Å²) in [5, 5.41) is 2.93. The number of halogens is 1. The topological polar surface area (TPSA) is 34.1 Å². The maximum atomic E-state index is 5.10. The van der Waals surface area contributed by atoms with Crippen LogP contribution in [0.4, 0.5) is 5.82 Å². The van der Waals surface area contributed by atoms with Gasteiger partial charge in [-0.05, 0) is 22.6 Å². The lowest BCUT2D eigenvalue weighted by Gasteiger charge is -2.04. The third kappa shape index (κ3) is 1.95. The second-order valence-electron chi connectivity index (χ2n) is 1.95. The van der Waals surface area contributed by atoms with Crippen molar-refractivity contribution in [2.24, 2.45) is 0 Å². The van der Waals surface area contributed by atoms with Crippen molar-refractivity contribution >= 4 is 28.4 Å². The van der Waals surface area contributed by atoms with Gasteiger partial charge in [-0.1, -0.05) is 0 Å². The fourth-order valence-electron chi connectivity index (χ4n) is 0.713. The van der Waals surface area contributed by atoms with E-state index in [1.807, 2.05) is 13.1 Å². The van der Waals surface area contributed by atoms with Gasteiger partial charge in [-0.15, -0.1) is 0 Å². The lowest BCUT2D eigenvalue weighted by molar-refractivity contribution is 0.411. The number of aromatic nitrogens is 1. The van der Waals surface area contributed by atoms with Gasteiger partial charge in [-0.25, -0.2) is 4.98 Å². The predicted molar refractivity (Wildman–Crippen MR) is 53.1 cm³/mol. The number of hydrogen-bond donors (Lipinski definition) is 1. The van der Waals surface area contributed by atoms with Crippen molar-refractivity contribution < 1.29 is 4.74 Å². The van der Waals surface area contributed by atoms with Crippen molar-refractivity contribution in [3.63, 3.8) is 0 Å². The number of anilines is 1. The minimum Gasteiger partial charge on any atom is -0.495 e. The van der Waals surface area contributed by atoms with Gasteiger partial charge in [0.15, 0.2) is 0 Å². The number of nitrogens with one attached hydrogen (secondary N) is 1. The van der Waals surface area contributed by atoms with E-state index < -0.39 is 0 Å². The summed E-state index contributed by atoms with van der Waals surface area (Å²) in [6, 6.07) is 1.86. The molecule has 4 heteroatoms. The monoisotopic (exact) mass is 264 g/mol. The standard InChI is InChI=1S/C7H9IN2O/c1-9-7-3-6(11-2)5(8)4-10-7/h3-4H,1-2H3,(H,9,10). The van der Waals surface area contributed by atoms with Gasteiger partial charge in [0.25, 0.3) is 0 Å². The van der Waals surface area contributed by atoms with Crippen LogP contribution in [0.1, 0.15) is 0 Å². The molecule has 11 heavy (non-hydrogen) atoms. The van der Waals surface area contributed by atoms with Gasteiger partial charge >= 0.3 is 0 Å². The van der Waals surface area contributed by atoms with Crippen LogP contribution in [0.5, 0.6) is 5.75 Å². The number of nitrogens with zero attached hydrogens (tertiary/aromatic N) is 1. The molecule has 1 aromatic heterocycles. The molecule has 0 saturated heterocycles. The Morgan fingerprint density at radius 3 is 2.91 bits per heavy atom. The van der Waals surface area contributed by atoms with Crippen molar-refractivity contribution in [2.75, 3.05) is 19.5 Å². The van der Waals surface area contributed by atoms with E-state index in [-0.39, 0.29) is 0 Å². The van der Waals surface area contributed by atoms with Crippen LogP contribution < -0.4 is 10.1 Å². The van der Waals surface area contributed by atoms with Crippen molar-refractivity contribution in [2.45, 2.75) is 0 Å². The van der Waals surface area contributed by atoms with Crippen LogP contribution in [0.25, 0.3) is 0 Å². The summed E-state index contributed by atoms with van der Waals surface area (Å²) < 4.78 is 6.12. The first-order chi connectivity index (χ1) is 5.27. The molecule has 0 aliphatic rings. The van der Waals surface area contributed by atoms with Crippen LogP contribution >= 0.6 is 22.6 Å². The summed E-state index contributed by atoms with van der Waals surface area (Å²) in [5.74, 6) is 1.67. The number of rotatable bonds is 2. The van der Waals surface area contributed by atoms with E-state index in [1.54, 1.807) is 13.3 Å². The number of methoxy groups -OCH3 is 1. The van der Waals surface area contributed by atoms with Gasteiger partial charge in [0.2, 0.25) is 0 Å². The summed E-state index contributed by atoms with van der Waals surface area (Å²) in [6.07, 6.45) is 1.77.